The van der Waals surface area contributed by atoms with Gasteiger partial charge in [-0.05, 0) is 25.7 Å². The number of rotatable bonds is 2. The SMILES string of the molecule is CCn1c(=O)cc(C2CC2)[nH]c1=O. The second kappa shape index (κ2) is 2.87. The van der Waals surface area contributed by atoms with E-state index in [9.17, 15) is 9.59 Å². The van der Waals surface area contributed by atoms with Crippen molar-refractivity contribution in [3.63, 3.8) is 0 Å². The fraction of sp³-hybridized carbons (Fsp3) is 0.556. The topological polar surface area (TPSA) is 54.9 Å². The van der Waals surface area contributed by atoms with Gasteiger partial charge in [-0.25, -0.2) is 4.79 Å². The summed E-state index contributed by atoms with van der Waals surface area (Å²) in [6, 6.07) is 1.54. The van der Waals surface area contributed by atoms with Gasteiger partial charge in [0, 0.05) is 18.3 Å². The van der Waals surface area contributed by atoms with Gasteiger partial charge in [0.1, 0.15) is 0 Å². The summed E-state index contributed by atoms with van der Waals surface area (Å²) >= 11 is 0. The molecular formula is C9H12N2O2. The lowest BCUT2D eigenvalue weighted by atomic mass is 10.3. The molecule has 0 unspecified atom stereocenters. The number of aromatic nitrogens is 2. The molecule has 13 heavy (non-hydrogen) atoms. The first kappa shape index (κ1) is 8.29. The first-order valence-electron chi connectivity index (χ1n) is 4.56. The molecule has 1 aromatic heterocycles. The molecule has 4 heteroatoms. The molecule has 1 N–H and O–H groups in total. The number of H-pyrrole nitrogens is 1. The lowest BCUT2D eigenvalue weighted by molar-refractivity contribution is 0.662. The maximum absolute atomic E-state index is 11.4. The lowest BCUT2D eigenvalue weighted by Gasteiger charge is -2.01. The zero-order valence-electron chi connectivity index (χ0n) is 7.54. The average molecular weight is 180 g/mol. The zero-order valence-corrected chi connectivity index (χ0v) is 7.54. The van der Waals surface area contributed by atoms with Crippen molar-refractivity contribution in [2.45, 2.75) is 32.2 Å². The summed E-state index contributed by atoms with van der Waals surface area (Å²) in [4.78, 5) is 25.4. The molecule has 1 fully saturated rings. The summed E-state index contributed by atoms with van der Waals surface area (Å²) in [5.41, 5.74) is 0.338. The van der Waals surface area contributed by atoms with Crippen LogP contribution in [-0.4, -0.2) is 9.55 Å². The summed E-state index contributed by atoms with van der Waals surface area (Å²) in [6.07, 6.45) is 2.18. The molecule has 0 atom stereocenters. The molecule has 0 spiro atoms. The van der Waals surface area contributed by atoms with Crippen LogP contribution in [0.2, 0.25) is 0 Å². The second-order valence-electron chi connectivity index (χ2n) is 3.39. The van der Waals surface area contributed by atoms with Gasteiger partial charge in [-0.2, -0.15) is 0 Å². The highest BCUT2D eigenvalue weighted by atomic mass is 16.2. The Morgan fingerprint density at radius 2 is 2.23 bits per heavy atom. The number of hydrogen-bond donors (Lipinski definition) is 1. The van der Waals surface area contributed by atoms with Crippen LogP contribution in [0, 0.1) is 0 Å². The molecule has 0 amide bonds. The van der Waals surface area contributed by atoms with Gasteiger partial charge in [0.25, 0.3) is 5.56 Å². The van der Waals surface area contributed by atoms with Crippen molar-refractivity contribution in [3.8, 4) is 0 Å². The van der Waals surface area contributed by atoms with Crippen LogP contribution in [-0.2, 0) is 6.54 Å². The van der Waals surface area contributed by atoms with E-state index in [0.717, 1.165) is 18.5 Å². The third-order valence-corrected chi connectivity index (χ3v) is 2.37. The summed E-state index contributed by atoms with van der Waals surface area (Å²) in [5.74, 6) is 0.423. The van der Waals surface area contributed by atoms with Crippen molar-refractivity contribution in [3.05, 3.63) is 32.6 Å². The van der Waals surface area contributed by atoms with E-state index in [2.05, 4.69) is 4.98 Å². The van der Waals surface area contributed by atoms with Gasteiger partial charge in [0.15, 0.2) is 0 Å². The van der Waals surface area contributed by atoms with Crippen molar-refractivity contribution in [1.82, 2.24) is 9.55 Å². The molecular weight excluding hydrogens is 168 g/mol. The van der Waals surface area contributed by atoms with Gasteiger partial charge >= 0.3 is 5.69 Å². The van der Waals surface area contributed by atoms with Crippen molar-refractivity contribution >= 4 is 0 Å². The first-order valence-corrected chi connectivity index (χ1v) is 4.56. The Kier molecular flexibility index (Phi) is 1.83. The second-order valence-corrected chi connectivity index (χ2v) is 3.39. The van der Waals surface area contributed by atoms with Crippen LogP contribution >= 0.6 is 0 Å². The summed E-state index contributed by atoms with van der Waals surface area (Å²) < 4.78 is 1.20. The van der Waals surface area contributed by atoms with E-state index in [1.807, 2.05) is 0 Å². The van der Waals surface area contributed by atoms with E-state index in [-0.39, 0.29) is 11.2 Å². The third kappa shape index (κ3) is 1.43. The molecule has 1 aliphatic carbocycles. The Morgan fingerprint density at radius 1 is 1.54 bits per heavy atom. The minimum atomic E-state index is -0.281. The molecule has 1 heterocycles. The molecule has 0 saturated heterocycles. The van der Waals surface area contributed by atoms with Crippen LogP contribution in [0.1, 0.15) is 31.4 Å². The Morgan fingerprint density at radius 3 is 2.69 bits per heavy atom. The fourth-order valence-corrected chi connectivity index (χ4v) is 1.45. The number of aromatic amines is 1. The van der Waals surface area contributed by atoms with Crippen LogP contribution in [0.5, 0.6) is 0 Å². The zero-order chi connectivity index (χ0) is 9.42. The fourth-order valence-electron chi connectivity index (χ4n) is 1.45. The Bertz CT molecular complexity index is 395. The van der Waals surface area contributed by atoms with Crippen molar-refractivity contribution in [2.24, 2.45) is 0 Å². The third-order valence-electron chi connectivity index (χ3n) is 2.37. The van der Waals surface area contributed by atoms with Crippen LogP contribution < -0.4 is 11.2 Å². The van der Waals surface area contributed by atoms with E-state index in [4.69, 9.17) is 0 Å². The first-order chi connectivity index (χ1) is 6.22. The normalized spacial score (nSPS) is 16.1. The van der Waals surface area contributed by atoms with Crippen molar-refractivity contribution in [2.75, 3.05) is 0 Å². The van der Waals surface area contributed by atoms with Gasteiger partial charge in [-0.15, -0.1) is 0 Å². The predicted molar refractivity (Wildman–Crippen MR) is 49.0 cm³/mol. The van der Waals surface area contributed by atoms with Crippen LogP contribution in [0.4, 0.5) is 0 Å². The van der Waals surface area contributed by atoms with E-state index >= 15 is 0 Å². The van der Waals surface area contributed by atoms with E-state index < -0.39 is 0 Å². The molecule has 1 saturated carbocycles. The highest BCUT2D eigenvalue weighted by Crippen LogP contribution is 2.37. The Hall–Kier alpha value is -1.32. The quantitative estimate of drug-likeness (QED) is 0.717. The highest BCUT2D eigenvalue weighted by Gasteiger charge is 2.25. The predicted octanol–water partition coefficient (Wildman–Crippen LogP) is 0.434. The molecule has 4 nitrogen and oxygen atoms in total. The molecule has 2 rings (SSSR count). The molecule has 1 aliphatic rings. The van der Waals surface area contributed by atoms with E-state index in [1.54, 1.807) is 13.0 Å². The molecule has 0 aliphatic heterocycles. The van der Waals surface area contributed by atoms with Crippen LogP contribution in [0.25, 0.3) is 0 Å². The van der Waals surface area contributed by atoms with Crippen molar-refractivity contribution in [1.29, 1.82) is 0 Å². The maximum atomic E-state index is 11.4. The standard InChI is InChI=1S/C9H12N2O2/c1-2-11-8(12)5-7(6-3-4-6)10-9(11)13/h5-6H,2-4H2,1H3,(H,10,13). The largest absolute Gasteiger partial charge is 0.328 e. The molecule has 0 radical (unpaired) electrons. The van der Waals surface area contributed by atoms with Crippen molar-refractivity contribution < 1.29 is 0 Å². The number of nitrogens with one attached hydrogen (secondary N) is 1. The lowest BCUT2D eigenvalue weighted by Crippen LogP contribution is -2.34. The summed E-state index contributed by atoms with van der Waals surface area (Å²) in [5, 5.41) is 0. The van der Waals surface area contributed by atoms with Gasteiger partial charge in [-0.1, -0.05) is 0 Å². The van der Waals surface area contributed by atoms with E-state index in [1.165, 1.54) is 4.57 Å². The molecule has 0 bridgehead atoms. The Labute approximate surface area is 75.2 Å². The average Bonchev–Trinajstić information content (AvgIpc) is 2.85. The summed E-state index contributed by atoms with van der Waals surface area (Å²) in [6.45, 7) is 2.21. The maximum Gasteiger partial charge on any atom is 0.328 e. The number of hydrogen-bond acceptors (Lipinski definition) is 2. The smallest absolute Gasteiger partial charge is 0.311 e. The Balaban J connectivity index is 2.55. The van der Waals surface area contributed by atoms with E-state index in [0.29, 0.717) is 12.5 Å². The monoisotopic (exact) mass is 180 g/mol. The molecule has 1 aromatic rings. The van der Waals surface area contributed by atoms with Gasteiger partial charge in [-0.3, -0.25) is 9.36 Å². The minimum absolute atomic E-state index is 0.187. The highest BCUT2D eigenvalue weighted by molar-refractivity contribution is 5.12. The minimum Gasteiger partial charge on any atom is -0.311 e. The molecule has 0 aromatic carbocycles. The van der Waals surface area contributed by atoms with Crippen LogP contribution in [0.3, 0.4) is 0 Å². The summed E-state index contributed by atoms with van der Waals surface area (Å²) in [7, 11) is 0. The number of nitrogens with zero attached hydrogens (tertiary/aromatic N) is 1. The van der Waals surface area contributed by atoms with Gasteiger partial charge in [0.05, 0.1) is 0 Å². The van der Waals surface area contributed by atoms with Crippen LogP contribution in [0.15, 0.2) is 15.7 Å². The molecule has 70 valence electrons. The van der Waals surface area contributed by atoms with Gasteiger partial charge < -0.3 is 4.98 Å². The van der Waals surface area contributed by atoms with Gasteiger partial charge in [0.2, 0.25) is 0 Å².